The lowest BCUT2D eigenvalue weighted by Crippen LogP contribution is -2.32. The van der Waals surface area contributed by atoms with Crippen molar-refractivity contribution >= 4 is 46.3 Å². The maximum atomic E-state index is 12.4. The molecule has 0 unspecified atom stereocenters. The predicted octanol–water partition coefficient (Wildman–Crippen LogP) is 2.92. The molecule has 2 amide bonds. The molecular formula is C23H19N3O7S. The lowest BCUT2D eigenvalue weighted by Gasteiger charge is -2.07. The number of carbonyl (C=O) groups excluding carboxylic acids is 4. The Labute approximate surface area is 197 Å². The molecule has 0 fully saturated rings. The molecule has 1 aliphatic rings. The number of hydrazone groups is 1. The number of rotatable bonds is 6. The van der Waals surface area contributed by atoms with Crippen LogP contribution in [0.3, 0.4) is 0 Å². The van der Waals surface area contributed by atoms with E-state index < -0.39 is 23.8 Å². The highest BCUT2D eigenvalue weighted by Gasteiger charge is 2.29. The molecule has 34 heavy (non-hydrogen) atoms. The summed E-state index contributed by atoms with van der Waals surface area (Å²) < 4.78 is 15.1. The monoisotopic (exact) mass is 481 g/mol. The largest absolute Gasteiger partial charge is 0.465 e. The summed E-state index contributed by atoms with van der Waals surface area (Å²) in [6, 6.07) is 9.52. The lowest BCUT2D eigenvalue weighted by atomic mass is 10.1. The Kier molecular flexibility index (Phi) is 6.83. The van der Waals surface area contributed by atoms with Crippen molar-refractivity contribution in [3.05, 3.63) is 70.0 Å². The molecule has 0 saturated carbocycles. The minimum absolute atomic E-state index is 0.0302. The number of ether oxygens (including phenoxy) is 2. The smallest absolute Gasteiger partial charge is 0.379 e. The highest BCUT2D eigenvalue weighted by molar-refractivity contribution is 7.17. The van der Waals surface area contributed by atoms with E-state index in [2.05, 4.69) is 15.8 Å². The maximum absolute atomic E-state index is 12.4. The summed E-state index contributed by atoms with van der Waals surface area (Å²) in [6.45, 7) is 0. The lowest BCUT2D eigenvalue weighted by molar-refractivity contribution is -0.136. The Hall–Kier alpha value is -4.25. The van der Waals surface area contributed by atoms with Crippen molar-refractivity contribution in [3.8, 4) is 5.75 Å². The highest BCUT2D eigenvalue weighted by Crippen LogP contribution is 2.39. The molecule has 1 aromatic carbocycles. The third-order valence-electron chi connectivity index (χ3n) is 4.96. The number of anilines is 1. The third kappa shape index (κ3) is 4.89. The molecule has 2 N–H and O–H groups in total. The zero-order valence-electron chi connectivity index (χ0n) is 18.0. The first-order chi connectivity index (χ1) is 16.5. The number of carbonyl (C=O) groups is 4. The van der Waals surface area contributed by atoms with Gasteiger partial charge < -0.3 is 19.2 Å². The topological polar surface area (TPSA) is 136 Å². The molecule has 0 radical (unpaired) electrons. The van der Waals surface area contributed by atoms with Gasteiger partial charge in [-0.3, -0.25) is 9.59 Å². The quantitative estimate of drug-likeness (QED) is 0.182. The number of nitrogens with zero attached hydrogens (tertiary/aromatic N) is 1. The van der Waals surface area contributed by atoms with Crippen LogP contribution in [-0.2, 0) is 27.2 Å². The number of hydrogen-bond acceptors (Lipinski definition) is 9. The normalized spacial score (nSPS) is 12.3. The van der Waals surface area contributed by atoms with E-state index in [1.54, 1.807) is 30.3 Å². The molecule has 2 aromatic heterocycles. The van der Waals surface area contributed by atoms with Gasteiger partial charge in [0.05, 0.1) is 25.2 Å². The number of para-hydroxylation sites is 1. The van der Waals surface area contributed by atoms with Gasteiger partial charge in [0.2, 0.25) is 5.76 Å². The molecular weight excluding hydrogens is 462 g/mol. The van der Waals surface area contributed by atoms with Gasteiger partial charge in [0, 0.05) is 10.4 Å². The van der Waals surface area contributed by atoms with Crippen LogP contribution in [0, 0.1) is 0 Å². The van der Waals surface area contributed by atoms with Crippen LogP contribution >= 0.6 is 11.3 Å². The van der Waals surface area contributed by atoms with Crippen LogP contribution in [0.25, 0.3) is 0 Å². The van der Waals surface area contributed by atoms with Crippen LogP contribution in [0.5, 0.6) is 5.75 Å². The second-order valence-electron chi connectivity index (χ2n) is 7.11. The molecule has 3 aromatic rings. The first-order valence-electron chi connectivity index (χ1n) is 10.2. The Morgan fingerprint density at radius 1 is 1.06 bits per heavy atom. The molecule has 174 valence electrons. The van der Waals surface area contributed by atoms with Crippen LogP contribution in [0.2, 0.25) is 0 Å². The van der Waals surface area contributed by atoms with E-state index in [4.69, 9.17) is 13.9 Å². The summed E-state index contributed by atoms with van der Waals surface area (Å²) in [5.41, 5.74) is 3.64. The SMILES string of the molecule is COC(=O)c1c(NC(=O)C(=O)N/N=C/c2ccccc2OC(=O)c2ccco2)sc2c1CCC2. The second-order valence-corrected chi connectivity index (χ2v) is 8.22. The number of hydrogen-bond donors (Lipinski definition) is 2. The molecule has 0 saturated heterocycles. The fourth-order valence-corrected chi connectivity index (χ4v) is 4.68. The maximum Gasteiger partial charge on any atom is 0.379 e. The van der Waals surface area contributed by atoms with Crippen molar-refractivity contribution in [2.75, 3.05) is 12.4 Å². The number of benzene rings is 1. The molecule has 1 aliphatic carbocycles. The zero-order valence-corrected chi connectivity index (χ0v) is 18.8. The van der Waals surface area contributed by atoms with E-state index in [1.807, 2.05) is 0 Å². The second kappa shape index (κ2) is 10.1. The number of fused-ring (bicyclic) bond motifs is 1. The van der Waals surface area contributed by atoms with Gasteiger partial charge in [-0.15, -0.1) is 11.3 Å². The molecule has 0 atom stereocenters. The van der Waals surface area contributed by atoms with Gasteiger partial charge in [0.15, 0.2) is 0 Å². The van der Waals surface area contributed by atoms with Crippen molar-refractivity contribution in [1.82, 2.24) is 5.43 Å². The first kappa shape index (κ1) is 22.9. The fraction of sp³-hybridized carbons (Fsp3) is 0.174. The van der Waals surface area contributed by atoms with E-state index in [1.165, 1.54) is 37.0 Å². The van der Waals surface area contributed by atoms with Gasteiger partial charge in [-0.05, 0) is 49.1 Å². The van der Waals surface area contributed by atoms with Gasteiger partial charge >= 0.3 is 23.8 Å². The number of aryl methyl sites for hydroxylation is 1. The Bertz CT molecular complexity index is 1280. The molecule has 2 heterocycles. The van der Waals surface area contributed by atoms with Crippen molar-refractivity contribution in [2.45, 2.75) is 19.3 Å². The average Bonchev–Trinajstić information content (AvgIpc) is 3.57. The average molecular weight is 481 g/mol. The molecule has 10 nitrogen and oxygen atoms in total. The summed E-state index contributed by atoms with van der Waals surface area (Å²) in [7, 11) is 1.26. The van der Waals surface area contributed by atoms with E-state index in [-0.39, 0.29) is 22.1 Å². The van der Waals surface area contributed by atoms with Crippen LogP contribution in [0.1, 0.15) is 43.3 Å². The first-order valence-corrected chi connectivity index (χ1v) is 11.0. The van der Waals surface area contributed by atoms with Crippen LogP contribution < -0.4 is 15.5 Å². The molecule has 4 rings (SSSR count). The number of thiophene rings is 1. The van der Waals surface area contributed by atoms with Crippen LogP contribution in [0.4, 0.5) is 5.00 Å². The molecule has 11 heteroatoms. The standard InChI is InChI=1S/C23H19N3O7S/c1-31-23(30)18-14-7-4-10-17(14)34-21(18)25-19(27)20(28)26-24-12-13-6-2-3-8-15(13)33-22(29)16-9-5-11-32-16/h2-3,5-6,8-9,11-12H,4,7,10H2,1H3,(H,25,27)(H,26,28)/b24-12+. The number of esters is 2. The fourth-order valence-electron chi connectivity index (χ4n) is 3.41. The minimum atomic E-state index is -1.04. The predicted molar refractivity (Wildman–Crippen MR) is 122 cm³/mol. The summed E-state index contributed by atoms with van der Waals surface area (Å²) in [5.74, 6) is -3.07. The zero-order chi connectivity index (χ0) is 24.1. The van der Waals surface area contributed by atoms with Crippen LogP contribution in [-0.4, -0.2) is 37.1 Å². The van der Waals surface area contributed by atoms with E-state index in [9.17, 15) is 19.2 Å². The molecule has 0 spiro atoms. The number of nitrogens with one attached hydrogen (secondary N) is 2. The van der Waals surface area contributed by atoms with Gasteiger partial charge in [-0.25, -0.2) is 15.0 Å². The number of furan rings is 1. The Balaban J connectivity index is 1.40. The third-order valence-corrected chi connectivity index (χ3v) is 6.17. The van der Waals surface area contributed by atoms with E-state index in [0.29, 0.717) is 12.0 Å². The molecule has 0 aliphatic heterocycles. The minimum Gasteiger partial charge on any atom is -0.465 e. The van der Waals surface area contributed by atoms with Gasteiger partial charge in [-0.2, -0.15) is 5.10 Å². The van der Waals surface area contributed by atoms with Gasteiger partial charge in [0.25, 0.3) is 0 Å². The Morgan fingerprint density at radius 2 is 1.88 bits per heavy atom. The summed E-state index contributed by atoms with van der Waals surface area (Å²) in [4.78, 5) is 49.9. The van der Waals surface area contributed by atoms with Crippen molar-refractivity contribution in [2.24, 2.45) is 5.10 Å². The van der Waals surface area contributed by atoms with Gasteiger partial charge in [-0.1, -0.05) is 12.1 Å². The summed E-state index contributed by atoms with van der Waals surface area (Å²) in [6.07, 6.45) is 5.03. The van der Waals surface area contributed by atoms with Crippen molar-refractivity contribution in [1.29, 1.82) is 0 Å². The summed E-state index contributed by atoms with van der Waals surface area (Å²) in [5, 5.41) is 6.51. The van der Waals surface area contributed by atoms with E-state index in [0.717, 1.165) is 23.3 Å². The van der Waals surface area contributed by atoms with Crippen molar-refractivity contribution < 1.29 is 33.1 Å². The number of amides is 2. The van der Waals surface area contributed by atoms with Crippen LogP contribution in [0.15, 0.2) is 52.2 Å². The summed E-state index contributed by atoms with van der Waals surface area (Å²) >= 11 is 1.26. The molecule has 0 bridgehead atoms. The number of methoxy groups -OCH3 is 1. The Morgan fingerprint density at radius 3 is 2.65 bits per heavy atom. The van der Waals surface area contributed by atoms with Gasteiger partial charge in [0.1, 0.15) is 10.8 Å². The van der Waals surface area contributed by atoms with E-state index >= 15 is 0 Å². The van der Waals surface area contributed by atoms with Crippen molar-refractivity contribution in [3.63, 3.8) is 0 Å². The highest BCUT2D eigenvalue weighted by atomic mass is 32.1.